The van der Waals surface area contributed by atoms with Gasteiger partial charge in [0.1, 0.15) is 0 Å². The van der Waals surface area contributed by atoms with Crippen molar-refractivity contribution < 1.29 is 23.1 Å². The highest BCUT2D eigenvalue weighted by Gasteiger charge is 2.12. The van der Waals surface area contributed by atoms with Crippen molar-refractivity contribution in [2.75, 3.05) is 0 Å². The van der Waals surface area contributed by atoms with E-state index >= 15 is 0 Å². The van der Waals surface area contributed by atoms with E-state index in [1.54, 1.807) is 6.07 Å². The Balaban J connectivity index is 0.000000200. The number of para-hydroxylation sites is 1. The molecule has 2 rings (SSSR count). The van der Waals surface area contributed by atoms with Gasteiger partial charge >= 0.3 is 12.3 Å². The summed E-state index contributed by atoms with van der Waals surface area (Å²) >= 11 is 0. The molecule has 1 aromatic heterocycles. The van der Waals surface area contributed by atoms with Gasteiger partial charge < -0.3 is 10.4 Å². The maximum absolute atomic E-state index is 11.6. The molecule has 0 spiro atoms. The Morgan fingerprint density at radius 3 is 2.26 bits per heavy atom. The maximum atomic E-state index is 11.6. The van der Waals surface area contributed by atoms with Gasteiger partial charge in [0.2, 0.25) is 0 Å². The second kappa shape index (κ2) is 6.38. The number of nitrogens with zero attached hydrogens (tertiary/aromatic N) is 3. The second-order valence-electron chi connectivity index (χ2n) is 3.08. The number of aromatic carboxylic acids is 1. The minimum absolute atomic E-state index is 0.0648. The molecule has 0 aliphatic heterocycles. The van der Waals surface area contributed by atoms with Gasteiger partial charge in [0, 0.05) is 0 Å². The fourth-order valence-corrected chi connectivity index (χ4v) is 0.954. The molecule has 0 radical (unpaired) electrons. The van der Waals surface area contributed by atoms with Gasteiger partial charge in [-0.15, -0.1) is 10.8 Å². The van der Waals surface area contributed by atoms with Crippen LogP contribution in [0.15, 0.2) is 36.5 Å². The zero-order valence-electron chi connectivity index (χ0n) is 9.30. The Morgan fingerprint density at radius 1 is 1.26 bits per heavy atom. The van der Waals surface area contributed by atoms with Crippen LogP contribution >= 0.6 is 0 Å². The second-order valence-corrected chi connectivity index (χ2v) is 3.08. The number of hydrogen-bond acceptors (Lipinski definition) is 3. The number of aromatic nitrogens is 3. The number of halogens is 3. The summed E-state index contributed by atoms with van der Waals surface area (Å²) in [5, 5.41) is 19.4. The molecule has 0 unspecified atom stereocenters. The van der Waals surface area contributed by atoms with Gasteiger partial charge in [-0.25, -0.2) is 4.79 Å². The summed E-state index contributed by atoms with van der Waals surface area (Å²) in [5.74, 6) is -1.07. The van der Waals surface area contributed by atoms with Crippen LogP contribution in [0.2, 0.25) is 0 Å². The van der Waals surface area contributed by atoms with E-state index in [9.17, 15) is 18.0 Å². The molecule has 19 heavy (non-hydrogen) atoms. The number of H-pyrrole nitrogens is 1. The molecular weight excluding hydrogens is 265 g/mol. The summed E-state index contributed by atoms with van der Waals surface area (Å²) < 4.78 is 34.7. The predicted octanol–water partition coefficient (Wildman–Crippen LogP) is 2.71. The summed E-state index contributed by atoms with van der Waals surface area (Å²) in [6.45, 7) is 0. The number of carboxylic acid groups (broad SMARTS) is 1. The molecule has 1 heterocycles. The van der Waals surface area contributed by atoms with Crippen LogP contribution in [0.1, 0.15) is 10.5 Å². The van der Waals surface area contributed by atoms with Gasteiger partial charge in [0.05, 0.1) is 6.20 Å². The maximum Gasteiger partial charge on any atom is 0.358 e. The monoisotopic (exact) mass is 273 g/mol. The van der Waals surface area contributed by atoms with Gasteiger partial charge in [0.15, 0.2) is 5.69 Å². The lowest BCUT2D eigenvalue weighted by Crippen LogP contribution is -2.02. The van der Waals surface area contributed by atoms with Crippen LogP contribution in [0.4, 0.5) is 18.9 Å². The van der Waals surface area contributed by atoms with E-state index in [-0.39, 0.29) is 11.4 Å². The van der Waals surface area contributed by atoms with Gasteiger partial charge in [-0.2, -0.15) is 23.5 Å². The van der Waals surface area contributed by atoms with Crippen molar-refractivity contribution in [2.45, 2.75) is 6.30 Å². The molecule has 2 aromatic rings. The molecule has 2 N–H and O–H groups in total. The minimum atomic E-state index is -4.47. The van der Waals surface area contributed by atoms with Crippen LogP contribution in [0.3, 0.4) is 0 Å². The standard InChI is InChI=1S/C7H5F3N.C3H3N3O2/c8-7(9,10)11-6-4-2-1-3-5-6;7-3(8)2-1-4-6-5-2/h1-5H;1H,(H,7,8)(H,4,5,6)/q-1;. The summed E-state index contributed by atoms with van der Waals surface area (Å²) in [4.78, 5) is 9.94. The molecule has 0 saturated heterocycles. The van der Waals surface area contributed by atoms with Crippen LogP contribution in [0.25, 0.3) is 5.32 Å². The van der Waals surface area contributed by atoms with Crippen molar-refractivity contribution in [3.8, 4) is 0 Å². The van der Waals surface area contributed by atoms with Crippen molar-refractivity contribution >= 4 is 11.7 Å². The van der Waals surface area contributed by atoms with Gasteiger partial charge in [-0.1, -0.05) is 30.3 Å². The third kappa shape index (κ3) is 6.05. The number of hydrogen-bond donors (Lipinski definition) is 2. The molecule has 0 amide bonds. The topological polar surface area (TPSA) is 93.0 Å². The first-order valence-electron chi connectivity index (χ1n) is 4.82. The number of carboxylic acids is 1. The number of aromatic amines is 1. The molecule has 0 aliphatic rings. The first-order valence-corrected chi connectivity index (χ1v) is 4.82. The summed E-state index contributed by atoms with van der Waals surface area (Å²) in [6, 6.07) is 7.24. The average molecular weight is 273 g/mol. The molecule has 0 saturated carbocycles. The molecule has 0 fully saturated rings. The number of nitrogens with one attached hydrogen (secondary N) is 1. The highest BCUT2D eigenvalue weighted by molar-refractivity contribution is 5.84. The summed E-state index contributed by atoms with van der Waals surface area (Å²) in [7, 11) is 0. The molecule has 9 heteroatoms. The lowest BCUT2D eigenvalue weighted by Gasteiger charge is -2.24. The zero-order valence-corrected chi connectivity index (χ0v) is 9.30. The molecule has 102 valence electrons. The molecular formula is C10H8F3N4O2-. The highest BCUT2D eigenvalue weighted by atomic mass is 19.4. The largest absolute Gasteiger partial charge is 0.596 e. The average Bonchev–Trinajstić information content (AvgIpc) is 2.82. The van der Waals surface area contributed by atoms with E-state index in [0.29, 0.717) is 0 Å². The van der Waals surface area contributed by atoms with Gasteiger partial charge in [-0.3, -0.25) is 0 Å². The normalized spacial score (nSPS) is 10.3. The van der Waals surface area contributed by atoms with E-state index in [0.717, 1.165) is 6.20 Å². The Kier molecular flexibility index (Phi) is 4.86. The minimum Gasteiger partial charge on any atom is -0.596 e. The third-order valence-corrected chi connectivity index (χ3v) is 1.65. The number of rotatable bonds is 2. The molecule has 0 bridgehead atoms. The molecule has 1 aromatic carbocycles. The van der Waals surface area contributed by atoms with E-state index < -0.39 is 12.3 Å². The van der Waals surface area contributed by atoms with Gasteiger partial charge in [0.25, 0.3) is 0 Å². The zero-order chi connectivity index (χ0) is 14.3. The number of carbonyl (C=O) groups is 1. The number of alkyl halides is 3. The van der Waals surface area contributed by atoms with Crippen LogP contribution in [-0.4, -0.2) is 32.8 Å². The van der Waals surface area contributed by atoms with E-state index in [1.165, 1.54) is 24.3 Å². The lowest BCUT2D eigenvalue weighted by atomic mass is 10.3. The Labute approximate surface area is 105 Å². The fourth-order valence-electron chi connectivity index (χ4n) is 0.954. The van der Waals surface area contributed by atoms with Crippen LogP contribution in [0.5, 0.6) is 0 Å². The molecule has 0 aliphatic carbocycles. The quantitative estimate of drug-likeness (QED) is 0.822. The third-order valence-electron chi connectivity index (χ3n) is 1.65. The first-order chi connectivity index (χ1) is 8.88. The Hall–Kier alpha value is -2.58. The highest BCUT2D eigenvalue weighted by Crippen LogP contribution is 2.31. The Morgan fingerprint density at radius 2 is 1.89 bits per heavy atom. The first kappa shape index (κ1) is 14.5. The molecule has 6 nitrogen and oxygen atoms in total. The fraction of sp³-hybridized carbons (Fsp3) is 0.100. The van der Waals surface area contributed by atoms with E-state index in [4.69, 9.17) is 5.11 Å². The lowest BCUT2D eigenvalue weighted by molar-refractivity contribution is -0.0875. The Bertz CT molecular complexity index is 499. The van der Waals surface area contributed by atoms with Crippen molar-refractivity contribution in [3.05, 3.63) is 47.5 Å². The molecule has 0 atom stereocenters. The van der Waals surface area contributed by atoms with Crippen molar-refractivity contribution in [1.82, 2.24) is 15.4 Å². The van der Waals surface area contributed by atoms with Crippen LogP contribution in [0, 0.1) is 0 Å². The van der Waals surface area contributed by atoms with Gasteiger partial charge in [-0.05, 0) is 0 Å². The summed E-state index contributed by atoms with van der Waals surface area (Å²) in [5.41, 5.74) is -0.134. The van der Waals surface area contributed by atoms with Crippen LogP contribution in [-0.2, 0) is 0 Å². The summed E-state index contributed by atoms with van der Waals surface area (Å²) in [6.07, 6.45) is -3.33. The van der Waals surface area contributed by atoms with Crippen molar-refractivity contribution in [2.24, 2.45) is 0 Å². The van der Waals surface area contributed by atoms with E-state index in [2.05, 4.69) is 20.7 Å². The number of benzene rings is 1. The van der Waals surface area contributed by atoms with Crippen molar-refractivity contribution in [1.29, 1.82) is 0 Å². The smallest absolute Gasteiger partial charge is 0.358 e. The SMILES string of the molecule is FC(F)(F)[N-]c1ccccc1.O=C(O)c1cn[nH]n1. The van der Waals surface area contributed by atoms with Crippen molar-refractivity contribution in [3.63, 3.8) is 0 Å². The van der Waals surface area contributed by atoms with Crippen LogP contribution < -0.4 is 0 Å². The van der Waals surface area contributed by atoms with E-state index in [1.807, 2.05) is 0 Å². The predicted molar refractivity (Wildman–Crippen MR) is 58.9 cm³/mol.